The Kier molecular flexibility index (Phi) is 6.55. The maximum Gasteiger partial charge on any atom is 0.0540 e. The summed E-state index contributed by atoms with van der Waals surface area (Å²) in [5, 5.41) is 10.8. The van der Waals surface area contributed by atoms with E-state index in [4.69, 9.17) is 5.11 Å². The first kappa shape index (κ1) is 15.5. The van der Waals surface area contributed by atoms with Gasteiger partial charge in [-0.1, -0.05) is 18.8 Å². The Balaban J connectivity index is 1.79. The van der Waals surface area contributed by atoms with Crippen LogP contribution in [-0.4, -0.2) is 54.2 Å². The zero-order valence-corrected chi connectivity index (χ0v) is 13.1. The van der Waals surface area contributed by atoms with Crippen molar-refractivity contribution in [2.24, 2.45) is 0 Å². The second-order valence-electron chi connectivity index (χ2n) is 5.19. The predicted molar refractivity (Wildman–Crippen MR) is 84.9 cm³/mol. The van der Waals surface area contributed by atoms with Gasteiger partial charge in [-0.05, 0) is 19.0 Å². The third-order valence-corrected chi connectivity index (χ3v) is 4.43. The molecule has 0 saturated carbocycles. The van der Waals surface area contributed by atoms with Crippen LogP contribution >= 0.6 is 11.3 Å². The average molecular weight is 292 g/mol. The highest BCUT2D eigenvalue weighted by Crippen LogP contribution is 2.17. The minimum absolute atomic E-state index is 0.145. The molecule has 1 N–H and O–H groups in total. The number of piperazine rings is 1. The lowest BCUT2D eigenvalue weighted by Crippen LogP contribution is -2.45. The van der Waals surface area contributed by atoms with Gasteiger partial charge in [0.15, 0.2) is 0 Å². The number of aliphatic hydroxyl groups is 1. The van der Waals surface area contributed by atoms with Gasteiger partial charge < -0.3 is 10.0 Å². The molecular formula is C16H24N2OS. The van der Waals surface area contributed by atoms with Crippen molar-refractivity contribution in [3.05, 3.63) is 21.9 Å². The lowest BCUT2D eigenvalue weighted by Gasteiger charge is -2.34. The fraction of sp³-hybridized carbons (Fsp3) is 0.625. The number of hydrogen-bond acceptors (Lipinski definition) is 4. The van der Waals surface area contributed by atoms with Gasteiger partial charge in [-0.2, -0.15) is 0 Å². The van der Waals surface area contributed by atoms with Crippen LogP contribution in [0, 0.1) is 11.8 Å². The molecule has 1 saturated heterocycles. The van der Waals surface area contributed by atoms with Crippen molar-refractivity contribution in [2.45, 2.75) is 26.3 Å². The maximum atomic E-state index is 8.71. The molecular weight excluding hydrogens is 268 g/mol. The van der Waals surface area contributed by atoms with E-state index in [0.29, 0.717) is 6.42 Å². The third kappa shape index (κ3) is 4.92. The van der Waals surface area contributed by atoms with E-state index >= 15 is 0 Å². The van der Waals surface area contributed by atoms with Crippen LogP contribution in [-0.2, 0) is 6.54 Å². The number of hydrogen-bond donors (Lipinski definition) is 1. The lowest BCUT2D eigenvalue weighted by molar-refractivity contribution is 0.128. The highest BCUT2D eigenvalue weighted by Gasteiger charge is 2.16. The average Bonchev–Trinajstić information content (AvgIpc) is 2.89. The van der Waals surface area contributed by atoms with Gasteiger partial charge in [0.05, 0.1) is 6.61 Å². The maximum absolute atomic E-state index is 8.71. The van der Waals surface area contributed by atoms with Crippen molar-refractivity contribution in [3.8, 4) is 11.8 Å². The van der Waals surface area contributed by atoms with Crippen LogP contribution in [0.4, 0.5) is 0 Å². The Labute approximate surface area is 126 Å². The molecule has 0 aromatic carbocycles. The Morgan fingerprint density at radius 2 is 2.00 bits per heavy atom. The van der Waals surface area contributed by atoms with E-state index < -0.39 is 0 Å². The highest BCUT2D eigenvalue weighted by atomic mass is 32.1. The Morgan fingerprint density at radius 3 is 2.70 bits per heavy atom. The molecule has 110 valence electrons. The zero-order chi connectivity index (χ0) is 14.2. The van der Waals surface area contributed by atoms with Crippen LogP contribution in [0.5, 0.6) is 0 Å². The Bertz CT molecular complexity index is 453. The van der Waals surface area contributed by atoms with E-state index in [-0.39, 0.29) is 6.61 Å². The van der Waals surface area contributed by atoms with Gasteiger partial charge in [0.25, 0.3) is 0 Å². The zero-order valence-electron chi connectivity index (χ0n) is 12.3. The molecule has 20 heavy (non-hydrogen) atoms. The van der Waals surface area contributed by atoms with Gasteiger partial charge in [0.2, 0.25) is 0 Å². The van der Waals surface area contributed by atoms with Crippen molar-refractivity contribution in [1.82, 2.24) is 9.80 Å². The van der Waals surface area contributed by atoms with E-state index in [9.17, 15) is 0 Å². The van der Waals surface area contributed by atoms with Crippen LogP contribution in [0.25, 0.3) is 0 Å². The smallest absolute Gasteiger partial charge is 0.0540 e. The van der Waals surface area contributed by atoms with Crippen LogP contribution in [0.3, 0.4) is 0 Å². The molecule has 0 amide bonds. The number of rotatable bonds is 5. The summed E-state index contributed by atoms with van der Waals surface area (Å²) < 4.78 is 0. The summed E-state index contributed by atoms with van der Waals surface area (Å²) >= 11 is 1.79. The van der Waals surface area contributed by atoms with E-state index in [1.807, 2.05) is 0 Å². The van der Waals surface area contributed by atoms with Gasteiger partial charge in [-0.15, -0.1) is 11.3 Å². The monoisotopic (exact) mass is 292 g/mol. The second kappa shape index (κ2) is 8.43. The number of thiophene rings is 1. The van der Waals surface area contributed by atoms with Gasteiger partial charge in [-0.25, -0.2) is 0 Å². The topological polar surface area (TPSA) is 26.7 Å². The molecule has 1 aromatic rings. The SMILES string of the molecule is CCCN1CCN(Cc2cc(C#CCCO)cs2)CC1. The van der Waals surface area contributed by atoms with Gasteiger partial charge in [0.1, 0.15) is 0 Å². The van der Waals surface area contributed by atoms with Crippen LogP contribution in [0.15, 0.2) is 11.4 Å². The van der Waals surface area contributed by atoms with Gasteiger partial charge in [-0.3, -0.25) is 4.90 Å². The predicted octanol–water partition coefficient (Wildman–Crippen LogP) is 2.01. The standard InChI is InChI=1S/C16H24N2OS/c1-2-6-17-7-9-18(10-8-17)13-16-12-15(14-20-16)5-3-4-11-19/h12,14,19H,2,4,6-11,13H2,1H3. The minimum atomic E-state index is 0.145. The molecule has 0 radical (unpaired) electrons. The van der Waals surface area contributed by atoms with Crippen molar-refractivity contribution in [2.75, 3.05) is 39.3 Å². The minimum Gasteiger partial charge on any atom is -0.395 e. The molecule has 0 aliphatic carbocycles. The first-order chi connectivity index (χ1) is 9.81. The first-order valence-electron chi connectivity index (χ1n) is 7.43. The highest BCUT2D eigenvalue weighted by molar-refractivity contribution is 7.10. The molecule has 2 heterocycles. The Hall–Kier alpha value is -0.860. The summed E-state index contributed by atoms with van der Waals surface area (Å²) in [7, 11) is 0. The molecule has 0 spiro atoms. The van der Waals surface area contributed by atoms with E-state index in [1.165, 1.54) is 44.0 Å². The molecule has 1 aromatic heterocycles. The fourth-order valence-electron chi connectivity index (χ4n) is 2.46. The van der Waals surface area contributed by atoms with E-state index in [0.717, 1.165) is 12.1 Å². The summed E-state index contributed by atoms with van der Waals surface area (Å²) in [6.45, 7) is 9.41. The normalized spacial score (nSPS) is 16.9. The lowest BCUT2D eigenvalue weighted by atomic mass is 10.2. The molecule has 3 nitrogen and oxygen atoms in total. The fourth-order valence-corrected chi connectivity index (χ4v) is 3.31. The van der Waals surface area contributed by atoms with Crippen molar-refractivity contribution >= 4 is 11.3 Å². The van der Waals surface area contributed by atoms with Crippen molar-refractivity contribution < 1.29 is 5.11 Å². The summed E-state index contributed by atoms with van der Waals surface area (Å²) in [5.74, 6) is 6.08. The largest absolute Gasteiger partial charge is 0.395 e. The second-order valence-corrected chi connectivity index (χ2v) is 6.19. The quantitative estimate of drug-likeness (QED) is 0.841. The molecule has 1 aliphatic rings. The first-order valence-corrected chi connectivity index (χ1v) is 8.31. The van der Waals surface area contributed by atoms with Crippen LogP contribution in [0.1, 0.15) is 30.2 Å². The molecule has 0 atom stereocenters. The molecule has 1 aliphatic heterocycles. The van der Waals surface area contributed by atoms with Crippen LogP contribution < -0.4 is 0 Å². The molecule has 4 heteroatoms. The third-order valence-electron chi connectivity index (χ3n) is 3.51. The summed E-state index contributed by atoms with van der Waals surface area (Å²) in [4.78, 5) is 6.47. The summed E-state index contributed by atoms with van der Waals surface area (Å²) in [6.07, 6.45) is 1.81. The molecule has 0 unspecified atom stereocenters. The number of aliphatic hydroxyl groups excluding tert-OH is 1. The molecule has 1 fully saturated rings. The molecule has 2 rings (SSSR count). The number of nitrogens with zero attached hydrogens (tertiary/aromatic N) is 2. The van der Waals surface area contributed by atoms with Crippen molar-refractivity contribution in [1.29, 1.82) is 0 Å². The van der Waals surface area contributed by atoms with Gasteiger partial charge >= 0.3 is 0 Å². The van der Waals surface area contributed by atoms with E-state index in [1.54, 1.807) is 11.3 Å². The van der Waals surface area contributed by atoms with E-state index in [2.05, 4.69) is 40.0 Å². The Morgan fingerprint density at radius 1 is 1.25 bits per heavy atom. The molecule has 0 bridgehead atoms. The van der Waals surface area contributed by atoms with Crippen LogP contribution in [0.2, 0.25) is 0 Å². The van der Waals surface area contributed by atoms with Gasteiger partial charge in [0, 0.05) is 55.0 Å². The summed E-state index contributed by atoms with van der Waals surface area (Å²) in [6, 6.07) is 2.19. The summed E-state index contributed by atoms with van der Waals surface area (Å²) in [5.41, 5.74) is 1.09. The van der Waals surface area contributed by atoms with Crippen molar-refractivity contribution in [3.63, 3.8) is 0 Å².